The van der Waals surface area contributed by atoms with Gasteiger partial charge in [0.15, 0.2) is 5.69 Å². The predicted octanol–water partition coefficient (Wildman–Crippen LogP) is 3.83. The van der Waals surface area contributed by atoms with Gasteiger partial charge in [-0.3, -0.25) is 4.79 Å². The lowest BCUT2D eigenvalue weighted by molar-refractivity contribution is 0.0941. The van der Waals surface area contributed by atoms with Crippen LogP contribution in [-0.2, 0) is 13.0 Å². The molecule has 1 aromatic heterocycles. The van der Waals surface area contributed by atoms with Crippen LogP contribution in [-0.4, -0.2) is 21.3 Å². The molecule has 2 aromatic carbocycles. The number of imidazole rings is 1. The topological polar surface area (TPSA) is 68.5 Å². The summed E-state index contributed by atoms with van der Waals surface area (Å²) in [5.74, 6) is 1.47. The Morgan fingerprint density at radius 3 is 2.43 bits per heavy atom. The summed E-state index contributed by atoms with van der Waals surface area (Å²) in [7, 11) is 0. The Labute approximate surface area is 161 Å². The van der Waals surface area contributed by atoms with Crippen molar-refractivity contribution in [1.82, 2.24) is 15.0 Å². The van der Waals surface area contributed by atoms with Crippen molar-refractivity contribution in [2.45, 2.75) is 26.8 Å². The molecule has 0 bridgehead atoms. The summed E-state index contributed by atoms with van der Waals surface area (Å²) in [6.07, 6.45) is 0.670. The van der Waals surface area contributed by atoms with Gasteiger partial charge in [0.05, 0.1) is 5.69 Å². The number of ether oxygens (including phenoxy) is 1. The first-order valence-corrected chi connectivity index (χ1v) is 8.93. The van der Waals surface area contributed by atoms with E-state index in [1.54, 1.807) is 28.9 Å². The average Bonchev–Trinajstić information content (AvgIpc) is 3.17. The van der Waals surface area contributed by atoms with Crippen molar-refractivity contribution < 1.29 is 13.9 Å². The van der Waals surface area contributed by atoms with E-state index in [4.69, 9.17) is 4.74 Å². The van der Waals surface area contributed by atoms with Crippen molar-refractivity contribution in [2.75, 3.05) is 0 Å². The molecule has 142 valence electrons. The standard InChI is InChI=1S/C21H19FN4O2/c1-13-11-19-24-14(2)20(26(19)25-13)21(27)23-12-15-3-7-17(8-4-15)28-18-9-5-16(22)6-10-18/h3-10H,11-12H2,1-2H3,(H,23,27). The van der Waals surface area contributed by atoms with E-state index in [1.807, 2.05) is 26.0 Å². The number of nitrogens with zero attached hydrogens (tertiary/aromatic N) is 3. The first kappa shape index (κ1) is 17.9. The molecule has 0 fully saturated rings. The van der Waals surface area contributed by atoms with Gasteiger partial charge >= 0.3 is 0 Å². The van der Waals surface area contributed by atoms with Gasteiger partial charge in [0.25, 0.3) is 5.91 Å². The third-order valence-electron chi connectivity index (χ3n) is 4.42. The minimum Gasteiger partial charge on any atom is -0.457 e. The van der Waals surface area contributed by atoms with Gasteiger partial charge in [-0.05, 0) is 55.8 Å². The van der Waals surface area contributed by atoms with E-state index < -0.39 is 0 Å². The second kappa shape index (κ2) is 7.26. The zero-order valence-corrected chi connectivity index (χ0v) is 15.6. The van der Waals surface area contributed by atoms with Crippen LogP contribution in [0.1, 0.15) is 34.5 Å². The number of amides is 1. The molecule has 0 saturated carbocycles. The molecule has 0 spiro atoms. The number of aryl methyl sites for hydroxylation is 1. The third kappa shape index (κ3) is 3.64. The van der Waals surface area contributed by atoms with E-state index in [1.165, 1.54) is 12.1 Å². The molecule has 4 rings (SSSR count). The Hall–Kier alpha value is -3.48. The van der Waals surface area contributed by atoms with E-state index in [0.29, 0.717) is 35.9 Å². The lowest BCUT2D eigenvalue weighted by Gasteiger charge is -2.08. The number of hydrogen-bond donors (Lipinski definition) is 1. The van der Waals surface area contributed by atoms with E-state index in [-0.39, 0.29) is 11.7 Å². The van der Waals surface area contributed by atoms with Crippen molar-refractivity contribution in [3.05, 3.63) is 77.1 Å². The average molecular weight is 378 g/mol. The molecular weight excluding hydrogens is 359 g/mol. The van der Waals surface area contributed by atoms with Gasteiger partial charge in [-0.25, -0.2) is 14.1 Å². The van der Waals surface area contributed by atoms with Gasteiger partial charge < -0.3 is 10.1 Å². The number of nitrogens with one attached hydrogen (secondary N) is 1. The van der Waals surface area contributed by atoms with Crippen LogP contribution in [0.4, 0.5) is 4.39 Å². The summed E-state index contributed by atoms with van der Waals surface area (Å²) in [4.78, 5) is 17.0. The van der Waals surface area contributed by atoms with Crippen molar-refractivity contribution in [3.8, 4) is 11.5 Å². The van der Waals surface area contributed by atoms with Crippen molar-refractivity contribution in [1.29, 1.82) is 0 Å². The highest BCUT2D eigenvalue weighted by Gasteiger charge is 2.24. The molecule has 0 atom stereocenters. The SMILES string of the molecule is CC1=Nn2c(nc(C)c2C(=O)NCc2ccc(Oc3ccc(F)cc3)cc2)C1. The smallest absolute Gasteiger partial charge is 0.272 e. The molecule has 0 unspecified atom stereocenters. The van der Waals surface area contributed by atoms with Crippen LogP contribution in [0.2, 0.25) is 0 Å². The molecule has 6 nitrogen and oxygen atoms in total. The molecule has 1 N–H and O–H groups in total. The van der Waals surface area contributed by atoms with Crippen LogP contribution in [0, 0.1) is 12.7 Å². The fourth-order valence-corrected chi connectivity index (χ4v) is 3.07. The Bertz CT molecular complexity index is 1050. The Morgan fingerprint density at radius 2 is 1.75 bits per heavy atom. The van der Waals surface area contributed by atoms with Crippen molar-refractivity contribution in [3.63, 3.8) is 0 Å². The van der Waals surface area contributed by atoms with E-state index in [0.717, 1.165) is 17.1 Å². The molecule has 3 aromatic rings. The molecule has 1 amide bonds. The zero-order chi connectivity index (χ0) is 19.7. The lowest BCUT2D eigenvalue weighted by Crippen LogP contribution is -2.25. The summed E-state index contributed by atoms with van der Waals surface area (Å²) in [5, 5.41) is 7.29. The fourth-order valence-electron chi connectivity index (χ4n) is 3.07. The van der Waals surface area contributed by atoms with Crippen LogP contribution in [0.25, 0.3) is 0 Å². The largest absolute Gasteiger partial charge is 0.457 e. The van der Waals surface area contributed by atoms with Crippen LogP contribution in [0.3, 0.4) is 0 Å². The maximum atomic E-state index is 12.9. The minimum absolute atomic E-state index is 0.207. The van der Waals surface area contributed by atoms with E-state index >= 15 is 0 Å². The number of hydrogen-bond acceptors (Lipinski definition) is 4. The molecule has 0 radical (unpaired) electrons. The van der Waals surface area contributed by atoms with Crippen LogP contribution < -0.4 is 10.1 Å². The normalized spacial score (nSPS) is 12.5. The van der Waals surface area contributed by atoms with Crippen LogP contribution in [0.15, 0.2) is 53.6 Å². The van der Waals surface area contributed by atoms with Crippen molar-refractivity contribution >= 4 is 11.6 Å². The number of aromatic nitrogens is 2. The van der Waals surface area contributed by atoms with Gasteiger partial charge in [0, 0.05) is 18.7 Å². The van der Waals surface area contributed by atoms with Crippen LogP contribution in [0.5, 0.6) is 11.5 Å². The molecule has 1 aliphatic rings. The predicted molar refractivity (Wildman–Crippen MR) is 103 cm³/mol. The minimum atomic E-state index is -0.307. The van der Waals surface area contributed by atoms with Crippen molar-refractivity contribution in [2.24, 2.45) is 5.10 Å². The van der Waals surface area contributed by atoms with Gasteiger partial charge in [-0.15, -0.1) is 0 Å². The monoisotopic (exact) mass is 378 g/mol. The Balaban J connectivity index is 1.39. The molecule has 0 saturated heterocycles. The first-order chi connectivity index (χ1) is 13.5. The van der Waals surface area contributed by atoms with E-state index in [9.17, 15) is 9.18 Å². The van der Waals surface area contributed by atoms with Gasteiger partial charge in [-0.2, -0.15) is 5.10 Å². The number of rotatable bonds is 5. The van der Waals surface area contributed by atoms with Gasteiger partial charge in [0.2, 0.25) is 0 Å². The summed E-state index contributed by atoms with van der Waals surface area (Å²) < 4.78 is 20.2. The molecule has 2 heterocycles. The molecular formula is C21H19FN4O2. The number of carbonyl (C=O) groups excluding carboxylic acids is 1. The highest BCUT2D eigenvalue weighted by molar-refractivity contribution is 5.95. The highest BCUT2D eigenvalue weighted by atomic mass is 19.1. The van der Waals surface area contributed by atoms with Crippen LogP contribution >= 0.6 is 0 Å². The number of carbonyl (C=O) groups is 1. The Kier molecular flexibility index (Phi) is 4.65. The second-order valence-corrected chi connectivity index (χ2v) is 6.67. The lowest BCUT2D eigenvalue weighted by atomic mass is 10.2. The highest BCUT2D eigenvalue weighted by Crippen LogP contribution is 2.22. The molecule has 0 aliphatic carbocycles. The van der Waals surface area contributed by atoms with Gasteiger partial charge in [0.1, 0.15) is 23.1 Å². The number of benzene rings is 2. The molecule has 7 heteroatoms. The second-order valence-electron chi connectivity index (χ2n) is 6.67. The van der Waals surface area contributed by atoms with E-state index in [2.05, 4.69) is 15.4 Å². The Morgan fingerprint density at radius 1 is 1.11 bits per heavy atom. The number of halogens is 1. The first-order valence-electron chi connectivity index (χ1n) is 8.93. The molecule has 1 aliphatic heterocycles. The summed E-state index contributed by atoms with van der Waals surface area (Å²) in [6.45, 7) is 4.10. The summed E-state index contributed by atoms with van der Waals surface area (Å²) >= 11 is 0. The van der Waals surface area contributed by atoms with Gasteiger partial charge in [-0.1, -0.05) is 12.1 Å². The summed E-state index contributed by atoms with van der Waals surface area (Å²) in [5.41, 5.74) is 3.02. The molecule has 28 heavy (non-hydrogen) atoms. The number of fused-ring (bicyclic) bond motifs is 1. The quantitative estimate of drug-likeness (QED) is 0.734. The zero-order valence-electron chi connectivity index (χ0n) is 15.6. The summed E-state index contributed by atoms with van der Waals surface area (Å²) in [6, 6.07) is 13.2. The third-order valence-corrected chi connectivity index (χ3v) is 4.42. The maximum Gasteiger partial charge on any atom is 0.272 e. The fraction of sp³-hybridized carbons (Fsp3) is 0.190. The maximum absolute atomic E-state index is 12.9.